The van der Waals surface area contributed by atoms with Crippen molar-refractivity contribution >= 4 is 5.91 Å². The molecule has 0 aromatic heterocycles. The summed E-state index contributed by atoms with van der Waals surface area (Å²) in [5.74, 6) is 1.56. The summed E-state index contributed by atoms with van der Waals surface area (Å²) >= 11 is 0. The Morgan fingerprint density at radius 2 is 2.00 bits per heavy atom. The minimum Gasteiger partial charge on any atom is -0.354 e. The van der Waals surface area contributed by atoms with Gasteiger partial charge in [0.25, 0.3) is 0 Å². The fourth-order valence-electron chi connectivity index (χ4n) is 2.85. The lowest BCUT2D eigenvalue weighted by molar-refractivity contribution is -0.122. The predicted molar refractivity (Wildman–Crippen MR) is 76.2 cm³/mol. The quantitative estimate of drug-likeness (QED) is 0.766. The molecule has 1 fully saturated rings. The van der Waals surface area contributed by atoms with Gasteiger partial charge in [0.05, 0.1) is 0 Å². The summed E-state index contributed by atoms with van der Waals surface area (Å²) in [5, 5.41) is 3.02. The highest BCUT2D eigenvalue weighted by molar-refractivity contribution is 5.76. The number of nitrogens with two attached hydrogens (primary N) is 1. The van der Waals surface area contributed by atoms with Crippen LogP contribution in [0.25, 0.3) is 0 Å². The summed E-state index contributed by atoms with van der Waals surface area (Å²) in [6.45, 7) is 7.07. The lowest BCUT2D eigenvalue weighted by Gasteiger charge is -2.29. The van der Waals surface area contributed by atoms with Crippen molar-refractivity contribution in [2.75, 3.05) is 6.54 Å². The molecule has 1 amide bonds. The molecule has 1 aliphatic rings. The molecule has 0 aromatic rings. The Morgan fingerprint density at radius 1 is 1.33 bits per heavy atom. The average Bonchev–Trinajstić information content (AvgIpc) is 2.36. The van der Waals surface area contributed by atoms with E-state index in [1.165, 1.54) is 25.7 Å². The van der Waals surface area contributed by atoms with E-state index >= 15 is 0 Å². The van der Waals surface area contributed by atoms with Crippen LogP contribution in [0.3, 0.4) is 0 Å². The SMILES string of the molecule is CCC(N)(CC)CNC(=O)CC1CCCC(C)C1. The molecule has 0 radical (unpaired) electrons. The molecule has 0 aromatic carbocycles. The van der Waals surface area contributed by atoms with E-state index in [9.17, 15) is 4.79 Å². The summed E-state index contributed by atoms with van der Waals surface area (Å²) in [6.07, 6.45) is 7.54. The Hall–Kier alpha value is -0.570. The fraction of sp³-hybridized carbons (Fsp3) is 0.933. The maximum absolute atomic E-state index is 11.9. The summed E-state index contributed by atoms with van der Waals surface area (Å²) in [7, 11) is 0. The van der Waals surface area contributed by atoms with Crippen LogP contribution in [0.5, 0.6) is 0 Å². The number of carbonyl (C=O) groups is 1. The van der Waals surface area contributed by atoms with Crippen LogP contribution in [0.1, 0.15) is 65.7 Å². The van der Waals surface area contributed by atoms with Crippen molar-refractivity contribution in [3.8, 4) is 0 Å². The van der Waals surface area contributed by atoms with Gasteiger partial charge in [0.2, 0.25) is 5.91 Å². The van der Waals surface area contributed by atoms with E-state index in [1.807, 2.05) is 0 Å². The lowest BCUT2D eigenvalue weighted by Crippen LogP contribution is -2.49. The van der Waals surface area contributed by atoms with Gasteiger partial charge < -0.3 is 11.1 Å². The minimum atomic E-state index is -0.227. The monoisotopic (exact) mass is 254 g/mol. The van der Waals surface area contributed by atoms with Crippen LogP contribution in [0.15, 0.2) is 0 Å². The van der Waals surface area contributed by atoms with Crippen molar-refractivity contribution in [2.24, 2.45) is 17.6 Å². The number of nitrogens with one attached hydrogen (secondary N) is 1. The predicted octanol–water partition coefficient (Wildman–Crippen LogP) is 2.84. The lowest BCUT2D eigenvalue weighted by atomic mass is 9.80. The molecular formula is C15H30N2O. The Balaban J connectivity index is 2.29. The van der Waals surface area contributed by atoms with Crippen molar-refractivity contribution in [1.82, 2.24) is 5.32 Å². The zero-order valence-electron chi connectivity index (χ0n) is 12.3. The smallest absolute Gasteiger partial charge is 0.220 e. The van der Waals surface area contributed by atoms with Gasteiger partial charge in [0, 0.05) is 18.5 Å². The number of hydrogen-bond acceptors (Lipinski definition) is 2. The first-order chi connectivity index (χ1) is 8.49. The van der Waals surface area contributed by atoms with Crippen molar-refractivity contribution in [2.45, 2.75) is 71.3 Å². The number of hydrogen-bond donors (Lipinski definition) is 2. The Bertz CT molecular complexity index is 261. The van der Waals surface area contributed by atoms with E-state index in [4.69, 9.17) is 5.73 Å². The van der Waals surface area contributed by atoms with Gasteiger partial charge in [-0.25, -0.2) is 0 Å². The van der Waals surface area contributed by atoms with Crippen LogP contribution in [0.2, 0.25) is 0 Å². The van der Waals surface area contributed by atoms with E-state index in [2.05, 4.69) is 26.1 Å². The van der Waals surface area contributed by atoms with Crippen LogP contribution in [0.4, 0.5) is 0 Å². The molecular weight excluding hydrogens is 224 g/mol. The molecule has 1 aliphatic carbocycles. The van der Waals surface area contributed by atoms with Crippen molar-refractivity contribution in [3.05, 3.63) is 0 Å². The molecule has 0 heterocycles. The summed E-state index contributed by atoms with van der Waals surface area (Å²) < 4.78 is 0. The van der Waals surface area contributed by atoms with Crippen molar-refractivity contribution in [3.63, 3.8) is 0 Å². The molecule has 3 nitrogen and oxygen atoms in total. The fourth-order valence-corrected chi connectivity index (χ4v) is 2.85. The zero-order chi connectivity index (χ0) is 13.6. The molecule has 2 atom stereocenters. The molecule has 2 unspecified atom stereocenters. The van der Waals surface area contributed by atoms with Crippen LogP contribution in [-0.4, -0.2) is 18.0 Å². The number of rotatable bonds is 6. The molecule has 0 spiro atoms. The van der Waals surface area contributed by atoms with Crippen molar-refractivity contribution in [1.29, 1.82) is 0 Å². The van der Waals surface area contributed by atoms with Gasteiger partial charge in [0.15, 0.2) is 0 Å². The van der Waals surface area contributed by atoms with Gasteiger partial charge in [-0.1, -0.05) is 33.6 Å². The van der Waals surface area contributed by atoms with Gasteiger partial charge >= 0.3 is 0 Å². The second-order valence-corrected chi connectivity index (χ2v) is 6.19. The number of amides is 1. The van der Waals surface area contributed by atoms with Crippen LogP contribution in [-0.2, 0) is 4.79 Å². The third kappa shape index (κ3) is 4.97. The highest BCUT2D eigenvalue weighted by atomic mass is 16.1. The van der Waals surface area contributed by atoms with E-state index in [1.54, 1.807) is 0 Å². The maximum atomic E-state index is 11.9. The number of carbonyl (C=O) groups excluding carboxylic acids is 1. The maximum Gasteiger partial charge on any atom is 0.220 e. The normalized spacial score (nSPS) is 24.9. The highest BCUT2D eigenvalue weighted by Gasteiger charge is 2.24. The van der Waals surface area contributed by atoms with E-state index in [-0.39, 0.29) is 11.4 Å². The van der Waals surface area contributed by atoms with Gasteiger partial charge in [-0.2, -0.15) is 0 Å². The molecule has 106 valence electrons. The van der Waals surface area contributed by atoms with Crippen molar-refractivity contribution < 1.29 is 4.79 Å². The first kappa shape index (κ1) is 15.5. The Morgan fingerprint density at radius 3 is 2.56 bits per heavy atom. The Labute approximate surface area is 112 Å². The molecule has 0 aliphatic heterocycles. The zero-order valence-corrected chi connectivity index (χ0v) is 12.3. The topological polar surface area (TPSA) is 55.1 Å². The molecule has 1 rings (SSSR count). The summed E-state index contributed by atoms with van der Waals surface area (Å²) in [6, 6.07) is 0. The summed E-state index contributed by atoms with van der Waals surface area (Å²) in [4.78, 5) is 11.9. The third-order valence-corrected chi connectivity index (χ3v) is 4.56. The summed E-state index contributed by atoms with van der Waals surface area (Å²) in [5.41, 5.74) is 5.96. The molecule has 3 N–H and O–H groups in total. The molecule has 18 heavy (non-hydrogen) atoms. The molecule has 0 saturated heterocycles. The van der Waals surface area contributed by atoms with Gasteiger partial charge in [-0.05, 0) is 37.5 Å². The second kappa shape index (κ2) is 7.13. The molecule has 0 bridgehead atoms. The largest absolute Gasteiger partial charge is 0.354 e. The van der Waals surface area contributed by atoms with E-state index in [0.717, 1.165) is 18.8 Å². The Kier molecular flexibility index (Phi) is 6.13. The molecule has 1 saturated carbocycles. The second-order valence-electron chi connectivity index (χ2n) is 6.19. The third-order valence-electron chi connectivity index (χ3n) is 4.56. The van der Waals surface area contributed by atoms with Crippen LogP contribution < -0.4 is 11.1 Å². The first-order valence-electron chi connectivity index (χ1n) is 7.54. The van der Waals surface area contributed by atoms with Gasteiger partial charge in [-0.3, -0.25) is 4.79 Å². The molecule has 3 heteroatoms. The highest BCUT2D eigenvalue weighted by Crippen LogP contribution is 2.30. The average molecular weight is 254 g/mol. The first-order valence-corrected chi connectivity index (χ1v) is 7.54. The standard InChI is InChI=1S/C15H30N2O/c1-4-15(16,5-2)11-17-14(18)10-13-8-6-7-12(3)9-13/h12-13H,4-11,16H2,1-3H3,(H,17,18). The minimum absolute atomic E-state index is 0.186. The van der Waals surface area contributed by atoms with Crippen LogP contribution in [0, 0.1) is 11.8 Å². The van der Waals surface area contributed by atoms with E-state index in [0.29, 0.717) is 18.9 Å². The van der Waals surface area contributed by atoms with Gasteiger partial charge in [0.1, 0.15) is 0 Å². The van der Waals surface area contributed by atoms with Gasteiger partial charge in [-0.15, -0.1) is 0 Å². The van der Waals surface area contributed by atoms with Crippen LogP contribution >= 0.6 is 0 Å². The van der Waals surface area contributed by atoms with E-state index < -0.39 is 0 Å².